The van der Waals surface area contributed by atoms with Crippen molar-refractivity contribution in [2.75, 3.05) is 40.3 Å². The Morgan fingerprint density at radius 3 is 2.62 bits per heavy atom. The van der Waals surface area contributed by atoms with E-state index < -0.39 is 0 Å². The summed E-state index contributed by atoms with van der Waals surface area (Å²) in [5.74, 6) is 0.585. The van der Waals surface area contributed by atoms with Crippen molar-refractivity contribution in [2.45, 2.75) is 26.3 Å². The Morgan fingerprint density at radius 2 is 1.97 bits per heavy atom. The molecular formula is C23H32N3O3+. The summed E-state index contributed by atoms with van der Waals surface area (Å²) in [6, 6.07) is 11.8. The molecule has 1 aromatic heterocycles. The SMILES string of the molecule is Cc1occc1C(=O)N1CCC[C@@H](C(=O)N(CC[NH+](C)C)Cc2ccccc2)C1. The van der Waals surface area contributed by atoms with Crippen LogP contribution in [0.25, 0.3) is 0 Å². The maximum Gasteiger partial charge on any atom is 0.257 e. The summed E-state index contributed by atoms with van der Waals surface area (Å²) in [5, 5.41) is 0. The lowest BCUT2D eigenvalue weighted by molar-refractivity contribution is -0.857. The van der Waals surface area contributed by atoms with Gasteiger partial charge in [-0.05, 0) is 31.4 Å². The third kappa shape index (κ3) is 5.48. The number of piperidine rings is 1. The molecule has 6 nitrogen and oxygen atoms in total. The molecular weight excluding hydrogens is 366 g/mol. The zero-order chi connectivity index (χ0) is 20.8. The highest BCUT2D eigenvalue weighted by atomic mass is 16.3. The fraction of sp³-hybridized carbons (Fsp3) is 0.478. The minimum atomic E-state index is -0.152. The molecule has 1 aliphatic heterocycles. The van der Waals surface area contributed by atoms with Crippen molar-refractivity contribution in [2.24, 2.45) is 5.92 Å². The van der Waals surface area contributed by atoms with E-state index in [0.29, 0.717) is 37.5 Å². The zero-order valence-corrected chi connectivity index (χ0v) is 17.7. The quantitative estimate of drug-likeness (QED) is 0.771. The van der Waals surface area contributed by atoms with E-state index in [2.05, 4.69) is 26.2 Å². The Labute approximate surface area is 173 Å². The van der Waals surface area contributed by atoms with E-state index in [9.17, 15) is 9.59 Å². The lowest BCUT2D eigenvalue weighted by Gasteiger charge is -2.35. The van der Waals surface area contributed by atoms with Crippen molar-refractivity contribution >= 4 is 11.8 Å². The van der Waals surface area contributed by atoms with Gasteiger partial charge in [-0.1, -0.05) is 30.3 Å². The van der Waals surface area contributed by atoms with Gasteiger partial charge in [-0.2, -0.15) is 0 Å². The van der Waals surface area contributed by atoms with Crippen LogP contribution in [0.15, 0.2) is 47.1 Å². The molecule has 29 heavy (non-hydrogen) atoms. The van der Waals surface area contributed by atoms with E-state index in [1.165, 1.54) is 4.90 Å². The number of nitrogens with zero attached hydrogens (tertiary/aromatic N) is 2. The van der Waals surface area contributed by atoms with Crippen molar-refractivity contribution < 1.29 is 18.9 Å². The molecule has 6 heteroatoms. The van der Waals surface area contributed by atoms with Gasteiger partial charge < -0.3 is 19.1 Å². The van der Waals surface area contributed by atoms with Crippen LogP contribution in [0, 0.1) is 12.8 Å². The summed E-state index contributed by atoms with van der Waals surface area (Å²) in [7, 11) is 4.19. The molecule has 2 aromatic rings. The Bertz CT molecular complexity index is 816. The summed E-state index contributed by atoms with van der Waals surface area (Å²) < 4.78 is 5.28. The average molecular weight is 399 g/mol. The van der Waals surface area contributed by atoms with Crippen molar-refractivity contribution in [3.63, 3.8) is 0 Å². The number of quaternary nitrogens is 1. The molecule has 156 valence electrons. The van der Waals surface area contributed by atoms with E-state index in [0.717, 1.165) is 24.9 Å². The Balaban J connectivity index is 1.70. The molecule has 1 aromatic carbocycles. The van der Waals surface area contributed by atoms with Crippen LogP contribution >= 0.6 is 0 Å². The third-order valence-corrected chi connectivity index (χ3v) is 5.56. The number of furan rings is 1. The summed E-state index contributed by atoms with van der Waals surface area (Å²) in [6.45, 7) is 5.17. The summed E-state index contributed by atoms with van der Waals surface area (Å²) in [5.41, 5.74) is 1.72. The molecule has 1 saturated heterocycles. The lowest BCUT2D eigenvalue weighted by atomic mass is 9.95. The van der Waals surface area contributed by atoms with Crippen LogP contribution in [0.4, 0.5) is 0 Å². The number of likely N-dealkylation sites (tertiary alicyclic amines) is 1. The number of hydrogen-bond acceptors (Lipinski definition) is 3. The van der Waals surface area contributed by atoms with E-state index in [1.807, 2.05) is 28.0 Å². The van der Waals surface area contributed by atoms with Crippen LogP contribution in [0.1, 0.15) is 34.5 Å². The number of rotatable bonds is 7. The highest BCUT2D eigenvalue weighted by Gasteiger charge is 2.32. The molecule has 1 N–H and O–H groups in total. The van der Waals surface area contributed by atoms with Gasteiger partial charge in [0.25, 0.3) is 5.91 Å². The predicted molar refractivity (Wildman–Crippen MR) is 112 cm³/mol. The second-order valence-corrected chi connectivity index (χ2v) is 8.18. The third-order valence-electron chi connectivity index (χ3n) is 5.56. The summed E-state index contributed by atoms with van der Waals surface area (Å²) in [6.07, 6.45) is 3.21. The monoisotopic (exact) mass is 398 g/mol. The van der Waals surface area contributed by atoms with Crippen LogP contribution in [0.5, 0.6) is 0 Å². The molecule has 0 radical (unpaired) electrons. The van der Waals surface area contributed by atoms with Crippen molar-refractivity contribution in [1.29, 1.82) is 0 Å². The minimum absolute atomic E-state index is 0.0407. The second kappa shape index (κ2) is 9.74. The number of aryl methyl sites for hydroxylation is 1. The number of carbonyl (C=O) groups excluding carboxylic acids is 2. The van der Waals surface area contributed by atoms with Crippen molar-refractivity contribution in [1.82, 2.24) is 9.80 Å². The van der Waals surface area contributed by atoms with Gasteiger partial charge in [-0.25, -0.2) is 0 Å². The number of benzene rings is 1. The second-order valence-electron chi connectivity index (χ2n) is 8.18. The number of carbonyl (C=O) groups is 2. The van der Waals surface area contributed by atoms with Gasteiger partial charge >= 0.3 is 0 Å². The normalized spacial score (nSPS) is 16.8. The van der Waals surface area contributed by atoms with E-state index >= 15 is 0 Å². The molecule has 2 heterocycles. The van der Waals surface area contributed by atoms with Crippen LogP contribution in [0.3, 0.4) is 0 Å². The fourth-order valence-electron chi connectivity index (χ4n) is 3.83. The Kier molecular flexibility index (Phi) is 7.09. The maximum atomic E-state index is 13.4. The molecule has 0 spiro atoms. The number of nitrogens with one attached hydrogen (secondary N) is 1. The van der Waals surface area contributed by atoms with Gasteiger partial charge in [0, 0.05) is 19.6 Å². The molecule has 1 atom stereocenters. The first-order valence-corrected chi connectivity index (χ1v) is 10.4. The van der Waals surface area contributed by atoms with Gasteiger partial charge in [0.05, 0.1) is 44.9 Å². The molecule has 2 amide bonds. The first kappa shape index (κ1) is 21.1. The van der Waals surface area contributed by atoms with Crippen molar-refractivity contribution in [3.8, 4) is 0 Å². The number of amides is 2. The number of hydrogen-bond donors (Lipinski definition) is 1. The topological polar surface area (TPSA) is 58.2 Å². The van der Waals surface area contributed by atoms with E-state index in [1.54, 1.807) is 19.3 Å². The van der Waals surface area contributed by atoms with Gasteiger partial charge in [0.2, 0.25) is 5.91 Å². The maximum absolute atomic E-state index is 13.4. The van der Waals surface area contributed by atoms with Gasteiger partial charge in [-0.15, -0.1) is 0 Å². The van der Waals surface area contributed by atoms with Gasteiger partial charge in [0.15, 0.2) is 0 Å². The smallest absolute Gasteiger partial charge is 0.257 e. The molecule has 0 saturated carbocycles. The van der Waals surface area contributed by atoms with Gasteiger partial charge in [0.1, 0.15) is 5.76 Å². The largest absolute Gasteiger partial charge is 0.469 e. The molecule has 1 fully saturated rings. The van der Waals surface area contributed by atoms with E-state index in [4.69, 9.17) is 4.42 Å². The summed E-state index contributed by atoms with van der Waals surface area (Å²) >= 11 is 0. The highest BCUT2D eigenvalue weighted by molar-refractivity contribution is 5.95. The number of likely N-dealkylation sites (N-methyl/N-ethyl adjacent to an activating group) is 1. The Hall–Kier alpha value is -2.60. The fourth-order valence-corrected chi connectivity index (χ4v) is 3.83. The zero-order valence-electron chi connectivity index (χ0n) is 17.7. The standard InChI is InChI=1S/C23H31N3O3/c1-18-21(11-15-29-18)23(28)25-12-7-10-20(17-25)22(27)26(14-13-24(2)3)16-19-8-5-4-6-9-19/h4-6,8-9,11,15,20H,7,10,12-14,16-17H2,1-3H3/p+1/t20-/m1/s1. The highest BCUT2D eigenvalue weighted by Crippen LogP contribution is 2.23. The predicted octanol–water partition coefficient (Wildman–Crippen LogP) is 1.61. The first-order chi connectivity index (χ1) is 14.0. The molecule has 3 rings (SSSR count). The Morgan fingerprint density at radius 1 is 1.21 bits per heavy atom. The molecule has 0 bridgehead atoms. The van der Waals surface area contributed by atoms with Gasteiger partial charge in [-0.3, -0.25) is 9.59 Å². The van der Waals surface area contributed by atoms with E-state index in [-0.39, 0.29) is 17.7 Å². The van der Waals surface area contributed by atoms with Crippen LogP contribution in [0.2, 0.25) is 0 Å². The first-order valence-electron chi connectivity index (χ1n) is 10.4. The molecule has 0 aliphatic carbocycles. The lowest BCUT2D eigenvalue weighted by Crippen LogP contribution is -3.06. The van der Waals surface area contributed by atoms with Crippen molar-refractivity contribution in [3.05, 3.63) is 59.5 Å². The molecule has 1 aliphatic rings. The van der Waals surface area contributed by atoms with Crippen LogP contribution in [-0.2, 0) is 11.3 Å². The van der Waals surface area contributed by atoms with Crippen LogP contribution < -0.4 is 4.90 Å². The van der Waals surface area contributed by atoms with Crippen LogP contribution in [-0.4, -0.2) is 61.9 Å². The molecule has 0 unspecified atom stereocenters. The minimum Gasteiger partial charge on any atom is -0.469 e. The summed E-state index contributed by atoms with van der Waals surface area (Å²) in [4.78, 5) is 31.3. The average Bonchev–Trinajstić information content (AvgIpc) is 3.16.